The zero-order valence-electron chi connectivity index (χ0n) is 12.8. The van der Waals surface area contributed by atoms with Gasteiger partial charge in [0.1, 0.15) is 5.82 Å². The third-order valence-electron chi connectivity index (χ3n) is 3.92. The molecule has 0 amide bonds. The van der Waals surface area contributed by atoms with Crippen LogP contribution in [0.5, 0.6) is 0 Å². The Morgan fingerprint density at radius 2 is 1.90 bits per heavy atom. The molecule has 0 spiro atoms. The van der Waals surface area contributed by atoms with Crippen molar-refractivity contribution in [2.75, 3.05) is 6.54 Å². The van der Waals surface area contributed by atoms with E-state index in [1.165, 1.54) is 18.4 Å². The minimum absolute atomic E-state index is 0.698. The molecule has 0 atom stereocenters. The fourth-order valence-electron chi connectivity index (χ4n) is 2.60. The van der Waals surface area contributed by atoms with Crippen LogP contribution in [0.4, 0.5) is 0 Å². The van der Waals surface area contributed by atoms with Crippen LogP contribution >= 0.6 is 0 Å². The van der Waals surface area contributed by atoms with Crippen molar-refractivity contribution < 1.29 is 0 Å². The van der Waals surface area contributed by atoms with Gasteiger partial charge in [-0.15, -0.1) is 0 Å². The summed E-state index contributed by atoms with van der Waals surface area (Å²) >= 11 is 0. The maximum atomic E-state index is 4.66. The second-order valence-electron chi connectivity index (χ2n) is 5.77. The molecule has 4 nitrogen and oxygen atoms in total. The van der Waals surface area contributed by atoms with Gasteiger partial charge < -0.3 is 5.32 Å². The average molecular weight is 282 g/mol. The van der Waals surface area contributed by atoms with Crippen LogP contribution in [0.25, 0.3) is 0 Å². The predicted molar refractivity (Wildman–Crippen MR) is 83.3 cm³/mol. The summed E-state index contributed by atoms with van der Waals surface area (Å²) in [5.74, 6) is 0.864. The molecule has 2 aromatic rings. The Morgan fingerprint density at radius 3 is 2.52 bits per heavy atom. The van der Waals surface area contributed by atoms with Gasteiger partial charge in [-0.2, -0.15) is 0 Å². The molecule has 1 aliphatic carbocycles. The molecule has 1 N–H and O–H groups in total. The Hall–Kier alpha value is -1.81. The first-order chi connectivity index (χ1) is 10.2. The first kappa shape index (κ1) is 14.1. The summed E-state index contributed by atoms with van der Waals surface area (Å²) in [4.78, 5) is 13.7. The third-order valence-corrected chi connectivity index (χ3v) is 3.92. The highest BCUT2D eigenvalue weighted by Gasteiger charge is 2.20. The van der Waals surface area contributed by atoms with Gasteiger partial charge in [0.25, 0.3) is 0 Å². The van der Waals surface area contributed by atoms with Crippen molar-refractivity contribution in [3.8, 4) is 0 Å². The second kappa shape index (κ2) is 6.31. The van der Waals surface area contributed by atoms with E-state index in [1.807, 2.05) is 24.4 Å². The van der Waals surface area contributed by atoms with E-state index in [1.54, 1.807) is 0 Å². The first-order valence-electron chi connectivity index (χ1n) is 7.68. The largest absolute Gasteiger partial charge is 0.314 e. The summed E-state index contributed by atoms with van der Waals surface area (Å²) in [6, 6.07) is 6.70. The van der Waals surface area contributed by atoms with Crippen LogP contribution in [0.1, 0.15) is 41.3 Å². The normalized spacial score (nSPS) is 14.4. The lowest BCUT2D eigenvalue weighted by Crippen LogP contribution is -2.20. The van der Waals surface area contributed by atoms with E-state index in [0.29, 0.717) is 6.42 Å². The van der Waals surface area contributed by atoms with Gasteiger partial charge in [0.15, 0.2) is 0 Å². The van der Waals surface area contributed by atoms with Gasteiger partial charge in [-0.05, 0) is 57.4 Å². The second-order valence-corrected chi connectivity index (χ2v) is 5.77. The van der Waals surface area contributed by atoms with E-state index in [-0.39, 0.29) is 0 Å². The highest BCUT2D eigenvalue weighted by molar-refractivity contribution is 5.26. The molecule has 1 saturated carbocycles. The Bertz CT molecular complexity index is 582. The summed E-state index contributed by atoms with van der Waals surface area (Å²) in [6.45, 7) is 5.20. The van der Waals surface area contributed by atoms with E-state index in [4.69, 9.17) is 0 Å². The number of rotatable bonds is 6. The molecular weight excluding hydrogens is 260 g/mol. The molecule has 0 saturated heterocycles. The van der Waals surface area contributed by atoms with E-state index < -0.39 is 0 Å². The monoisotopic (exact) mass is 282 g/mol. The summed E-state index contributed by atoms with van der Waals surface area (Å²) < 4.78 is 0. The van der Waals surface area contributed by atoms with Crippen molar-refractivity contribution in [1.29, 1.82) is 0 Å². The predicted octanol–water partition coefficient (Wildman–Crippen LogP) is 2.37. The maximum absolute atomic E-state index is 4.66. The zero-order valence-corrected chi connectivity index (χ0v) is 12.8. The molecule has 110 valence electrons. The number of pyridine rings is 1. The minimum Gasteiger partial charge on any atom is -0.314 e. The van der Waals surface area contributed by atoms with E-state index in [9.17, 15) is 0 Å². The molecular formula is C17H22N4. The van der Waals surface area contributed by atoms with Gasteiger partial charge in [-0.25, -0.2) is 9.97 Å². The molecule has 1 aliphatic rings. The average Bonchev–Trinajstić information content (AvgIpc) is 3.27. The molecule has 2 heterocycles. The highest BCUT2D eigenvalue weighted by Crippen LogP contribution is 2.19. The molecule has 3 rings (SSSR count). The standard InChI is InChI=1S/C17H22N4/c1-12-16(8-10-19-14-6-7-14)13(2)21-17(20-12)11-15-5-3-4-9-18-15/h3-5,9,14,19H,6-8,10-11H2,1-2H3. The Morgan fingerprint density at radius 1 is 1.14 bits per heavy atom. The lowest BCUT2D eigenvalue weighted by molar-refractivity contribution is 0.674. The van der Waals surface area contributed by atoms with Gasteiger partial charge in [0.2, 0.25) is 0 Å². The summed E-state index contributed by atoms with van der Waals surface area (Å²) in [5.41, 5.74) is 4.50. The summed E-state index contributed by atoms with van der Waals surface area (Å²) in [7, 11) is 0. The number of aryl methyl sites for hydroxylation is 2. The van der Waals surface area contributed by atoms with Crippen LogP contribution in [-0.4, -0.2) is 27.5 Å². The van der Waals surface area contributed by atoms with E-state index in [2.05, 4.69) is 34.1 Å². The van der Waals surface area contributed by atoms with Crippen LogP contribution < -0.4 is 5.32 Å². The maximum Gasteiger partial charge on any atom is 0.134 e. The van der Waals surface area contributed by atoms with Crippen LogP contribution in [0, 0.1) is 13.8 Å². The van der Waals surface area contributed by atoms with E-state index in [0.717, 1.165) is 41.9 Å². The Balaban J connectivity index is 1.69. The molecule has 1 fully saturated rings. The summed E-state index contributed by atoms with van der Waals surface area (Å²) in [6.07, 6.45) is 6.18. The van der Waals surface area contributed by atoms with Crippen molar-refractivity contribution in [2.45, 2.75) is 45.6 Å². The molecule has 0 bridgehead atoms. The molecule has 0 aliphatic heterocycles. The lowest BCUT2D eigenvalue weighted by Gasteiger charge is -2.11. The summed E-state index contributed by atoms with van der Waals surface area (Å²) in [5, 5.41) is 3.55. The van der Waals surface area contributed by atoms with Crippen LogP contribution in [0.15, 0.2) is 24.4 Å². The third kappa shape index (κ3) is 3.85. The van der Waals surface area contributed by atoms with Crippen LogP contribution in [-0.2, 0) is 12.8 Å². The van der Waals surface area contributed by atoms with Gasteiger partial charge in [-0.1, -0.05) is 6.07 Å². The number of nitrogens with one attached hydrogen (secondary N) is 1. The zero-order chi connectivity index (χ0) is 14.7. The van der Waals surface area contributed by atoms with Crippen LogP contribution in [0.3, 0.4) is 0 Å². The molecule has 2 aromatic heterocycles. The van der Waals surface area contributed by atoms with Crippen molar-refractivity contribution in [2.24, 2.45) is 0 Å². The highest BCUT2D eigenvalue weighted by atomic mass is 14.9. The quantitative estimate of drug-likeness (QED) is 0.884. The van der Waals surface area contributed by atoms with E-state index >= 15 is 0 Å². The molecule has 0 aromatic carbocycles. The van der Waals surface area contributed by atoms with Crippen molar-refractivity contribution in [1.82, 2.24) is 20.3 Å². The number of aromatic nitrogens is 3. The van der Waals surface area contributed by atoms with Gasteiger partial charge >= 0.3 is 0 Å². The molecule has 0 radical (unpaired) electrons. The molecule has 21 heavy (non-hydrogen) atoms. The smallest absolute Gasteiger partial charge is 0.134 e. The fourth-order valence-corrected chi connectivity index (χ4v) is 2.60. The molecule has 4 heteroatoms. The van der Waals surface area contributed by atoms with Gasteiger partial charge in [-0.3, -0.25) is 4.98 Å². The topological polar surface area (TPSA) is 50.7 Å². The number of hydrogen-bond acceptors (Lipinski definition) is 4. The number of nitrogens with zero attached hydrogens (tertiary/aromatic N) is 3. The lowest BCUT2D eigenvalue weighted by atomic mass is 10.1. The van der Waals surface area contributed by atoms with Crippen LogP contribution in [0.2, 0.25) is 0 Å². The SMILES string of the molecule is Cc1nc(Cc2ccccn2)nc(C)c1CCNC1CC1. The van der Waals surface area contributed by atoms with Gasteiger partial charge in [0.05, 0.1) is 6.42 Å². The Kier molecular flexibility index (Phi) is 4.25. The van der Waals surface area contributed by atoms with Crippen molar-refractivity contribution >= 4 is 0 Å². The minimum atomic E-state index is 0.698. The van der Waals surface area contributed by atoms with Gasteiger partial charge in [0, 0.05) is 29.3 Å². The first-order valence-corrected chi connectivity index (χ1v) is 7.68. The number of hydrogen-bond donors (Lipinski definition) is 1. The van der Waals surface area contributed by atoms with Crippen molar-refractivity contribution in [3.63, 3.8) is 0 Å². The van der Waals surface area contributed by atoms with Crippen molar-refractivity contribution in [3.05, 3.63) is 52.9 Å². The Labute approximate surface area is 126 Å². The fraction of sp³-hybridized carbons (Fsp3) is 0.471. The molecule has 0 unspecified atom stereocenters.